The van der Waals surface area contributed by atoms with Crippen molar-refractivity contribution in [1.29, 1.82) is 0 Å². The lowest BCUT2D eigenvalue weighted by Crippen LogP contribution is -2.28. The van der Waals surface area contributed by atoms with Crippen molar-refractivity contribution in [3.05, 3.63) is 0 Å². The van der Waals surface area contributed by atoms with Gasteiger partial charge in [0, 0.05) is 0 Å². The van der Waals surface area contributed by atoms with Crippen LogP contribution in [0.3, 0.4) is 0 Å². The van der Waals surface area contributed by atoms with E-state index in [1.165, 1.54) is 31.8 Å². The highest BCUT2D eigenvalue weighted by atomic mass is 32.2. The van der Waals surface area contributed by atoms with E-state index in [4.69, 9.17) is 10.3 Å². The van der Waals surface area contributed by atoms with E-state index in [0.29, 0.717) is 0 Å². The van der Waals surface area contributed by atoms with E-state index in [0.717, 1.165) is 0 Å². The molecule has 94 valence electrons. The summed E-state index contributed by atoms with van der Waals surface area (Å²) >= 11 is 0. The van der Waals surface area contributed by atoms with E-state index < -0.39 is 15.5 Å². The Hall–Kier alpha value is 0.300. The van der Waals surface area contributed by atoms with Crippen LogP contribution in [-0.4, -0.2) is 24.5 Å². The first-order chi connectivity index (χ1) is 6.90. The van der Waals surface area contributed by atoms with E-state index in [9.17, 15) is 8.42 Å². The van der Waals surface area contributed by atoms with Crippen molar-refractivity contribution in [3.8, 4) is 0 Å². The second-order valence-electron chi connectivity index (χ2n) is 3.31. The van der Waals surface area contributed by atoms with Gasteiger partial charge in [-0.25, -0.2) is 0 Å². The summed E-state index contributed by atoms with van der Waals surface area (Å²) in [6.45, 7) is 3.82. The smallest absolute Gasteiger partial charge is 0.280 e. The molecule has 4 nitrogen and oxygen atoms in total. The first kappa shape index (κ1) is 17.7. The van der Waals surface area contributed by atoms with Gasteiger partial charge in [-0.3, -0.25) is 4.55 Å². The Balaban J connectivity index is 0. The fraction of sp³-hybridized carbons (Fsp3) is 1.00. The van der Waals surface area contributed by atoms with Crippen molar-refractivity contribution in [1.82, 2.24) is 0 Å². The second kappa shape index (κ2) is 10.8. The van der Waals surface area contributed by atoms with Gasteiger partial charge < -0.3 is 5.73 Å². The minimum atomic E-state index is -3.98. The van der Waals surface area contributed by atoms with Crippen LogP contribution >= 0.6 is 9.24 Å². The average molecular weight is 257 g/mol. The number of hydrogen-bond acceptors (Lipinski definition) is 3. The molecular formula is C9H24NO3PS. The van der Waals surface area contributed by atoms with Gasteiger partial charge in [0.2, 0.25) is 0 Å². The van der Waals surface area contributed by atoms with Gasteiger partial charge in [0.05, 0.1) is 0 Å². The third-order valence-corrected chi connectivity index (χ3v) is 3.35. The largest absolute Gasteiger partial charge is 0.313 e. The number of rotatable bonds is 6. The predicted octanol–water partition coefficient (Wildman–Crippen LogP) is 2.01. The first-order valence-electron chi connectivity index (χ1n) is 5.32. The lowest BCUT2D eigenvalue weighted by Gasteiger charge is -2.01. The maximum atomic E-state index is 9.99. The zero-order valence-corrected chi connectivity index (χ0v) is 11.6. The average Bonchev–Trinajstić information content (AvgIpc) is 2.17. The Morgan fingerprint density at radius 1 is 1.27 bits per heavy atom. The van der Waals surface area contributed by atoms with Gasteiger partial charge in [0.1, 0.15) is 5.37 Å². The van der Waals surface area contributed by atoms with Gasteiger partial charge in [-0.2, -0.15) is 8.42 Å². The summed E-state index contributed by atoms with van der Waals surface area (Å²) in [4.78, 5) is 0. The minimum Gasteiger partial charge on any atom is -0.313 e. The summed E-state index contributed by atoms with van der Waals surface area (Å²) in [7, 11) is -1.23. The molecule has 0 aliphatic carbocycles. The lowest BCUT2D eigenvalue weighted by molar-refractivity contribution is 0.466. The predicted molar refractivity (Wildman–Crippen MR) is 68.5 cm³/mol. The van der Waals surface area contributed by atoms with E-state index in [1.54, 1.807) is 6.92 Å². The molecule has 0 aliphatic rings. The summed E-state index contributed by atoms with van der Waals surface area (Å²) in [5.41, 5.74) is 4.91. The van der Waals surface area contributed by atoms with E-state index >= 15 is 0 Å². The van der Waals surface area contributed by atoms with Gasteiger partial charge >= 0.3 is 0 Å². The highest BCUT2D eigenvalue weighted by Crippen LogP contribution is 2.00. The highest BCUT2D eigenvalue weighted by molar-refractivity contribution is 7.86. The summed E-state index contributed by atoms with van der Waals surface area (Å²) in [6, 6.07) is 0. The van der Waals surface area contributed by atoms with Gasteiger partial charge in [-0.1, -0.05) is 33.1 Å². The highest BCUT2D eigenvalue weighted by Gasteiger charge is 2.13. The zero-order valence-electron chi connectivity index (χ0n) is 9.65. The standard InChI is InChI=1S/C6H15P.C3H9NO3S/c1-2-3-4-5-6-7;1-2-3(4)8(5,6)7/h2-7H2,1H3;3H,2,4H2,1H3,(H,5,6,7). The molecule has 0 saturated carbocycles. The molecule has 15 heavy (non-hydrogen) atoms. The van der Waals surface area contributed by atoms with Crippen molar-refractivity contribution in [3.63, 3.8) is 0 Å². The third kappa shape index (κ3) is 14.3. The third-order valence-electron chi connectivity index (χ3n) is 1.84. The van der Waals surface area contributed by atoms with E-state index in [1.807, 2.05) is 0 Å². The molecule has 2 atom stereocenters. The van der Waals surface area contributed by atoms with Crippen molar-refractivity contribution >= 4 is 19.4 Å². The maximum absolute atomic E-state index is 9.99. The SMILES string of the molecule is CCC(N)S(=O)(=O)O.CCCCCCP. The van der Waals surface area contributed by atoms with Gasteiger partial charge in [0.25, 0.3) is 10.1 Å². The number of unbranched alkanes of at least 4 members (excludes halogenated alkanes) is 3. The zero-order chi connectivity index (χ0) is 12.3. The maximum Gasteiger partial charge on any atom is 0.280 e. The molecule has 0 aromatic rings. The van der Waals surface area contributed by atoms with Gasteiger partial charge in [-0.05, 0) is 19.0 Å². The molecule has 0 aromatic heterocycles. The molecule has 0 heterocycles. The number of hydrogen-bond donors (Lipinski definition) is 2. The molecule has 3 N–H and O–H groups in total. The molecule has 0 bridgehead atoms. The normalized spacial score (nSPS) is 12.9. The molecule has 0 rings (SSSR count). The van der Waals surface area contributed by atoms with Crippen LogP contribution in [0.15, 0.2) is 0 Å². The van der Waals surface area contributed by atoms with Crippen LogP contribution in [0.2, 0.25) is 0 Å². The van der Waals surface area contributed by atoms with E-state index in [2.05, 4.69) is 16.2 Å². The summed E-state index contributed by atoms with van der Waals surface area (Å²) < 4.78 is 28.1. The van der Waals surface area contributed by atoms with E-state index in [-0.39, 0.29) is 6.42 Å². The van der Waals surface area contributed by atoms with Gasteiger partial charge in [0.15, 0.2) is 0 Å². The summed E-state index contributed by atoms with van der Waals surface area (Å²) in [5, 5.41) is -1.12. The van der Waals surface area contributed by atoms with Crippen LogP contribution in [0.1, 0.15) is 46.0 Å². The first-order valence-corrected chi connectivity index (χ1v) is 7.64. The molecule has 0 radical (unpaired) electrons. The van der Waals surface area contributed by atoms with Crippen LogP contribution in [0, 0.1) is 0 Å². The summed E-state index contributed by atoms with van der Waals surface area (Å²) in [6.07, 6.45) is 7.08. The topological polar surface area (TPSA) is 80.4 Å². The molecule has 0 aromatic carbocycles. The fourth-order valence-corrected chi connectivity index (χ4v) is 1.49. The number of nitrogens with two attached hydrogens (primary N) is 1. The molecular weight excluding hydrogens is 233 g/mol. The van der Waals surface area contributed by atoms with Crippen molar-refractivity contribution in [2.24, 2.45) is 5.73 Å². The molecule has 6 heteroatoms. The van der Waals surface area contributed by atoms with Crippen LogP contribution in [0.25, 0.3) is 0 Å². The Labute approximate surface area is 96.0 Å². The summed E-state index contributed by atoms with van der Waals surface area (Å²) in [5.74, 6) is 0. The molecule has 0 spiro atoms. The molecule has 0 saturated heterocycles. The fourth-order valence-electron chi connectivity index (χ4n) is 0.782. The quantitative estimate of drug-likeness (QED) is 0.433. The van der Waals surface area contributed by atoms with Crippen LogP contribution < -0.4 is 5.73 Å². The van der Waals surface area contributed by atoms with Crippen molar-refractivity contribution < 1.29 is 13.0 Å². The minimum absolute atomic E-state index is 0.235. The van der Waals surface area contributed by atoms with Crippen molar-refractivity contribution in [2.75, 3.05) is 6.16 Å². The lowest BCUT2D eigenvalue weighted by atomic mass is 10.2. The van der Waals surface area contributed by atoms with Crippen molar-refractivity contribution in [2.45, 2.75) is 51.3 Å². The Kier molecular flexibility index (Phi) is 12.7. The van der Waals surface area contributed by atoms with Crippen LogP contribution in [0.5, 0.6) is 0 Å². The second-order valence-corrected chi connectivity index (χ2v) is 5.52. The van der Waals surface area contributed by atoms with Gasteiger partial charge in [-0.15, -0.1) is 9.24 Å². The monoisotopic (exact) mass is 257 g/mol. The molecule has 2 unspecified atom stereocenters. The van der Waals surface area contributed by atoms with Crippen LogP contribution in [-0.2, 0) is 10.1 Å². The Morgan fingerprint density at radius 2 is 1.80 bits per heavy atom. The van der Waals surface area contributed by atoms with Crippen LogP contribution in [0.4, 0.5) is 0 Å². The molecule has 0 amide bonds. The Morgan fingerprint density at radius 3 is 2.00 bits per heavy atom. The molecule has 0 aliphatic heterocycles. The Bertz CT molecular complexity index is 215. The molecule has 0 fully saturated rings.